The van der Waals surface area contributed by atoms with E-state index >= 15 is 0 Å². The molecule has 0 fully saturated rings. The highest BCUT2D eigenvalue weighted by atomic mass is 16.5. The third-order valence-corrected chi connectivity index (χ3v) is 3.12. The van der Waals surface area contributed by atoms with E-state index in [0.717, 1.165) is 36.1 Å². The van der Waals surface area contributed by atoms with Crippen LogP contribution in [0.4, 0.5) is 5.69 Å². The van der Waals surface area contributed by atoms with E-state index in [1.165, 1.54) is 0 Å². The molecule has 0 aromatic heterocycles. The maximum atomic E-state index is 11.7. The number of hydrogen-bond acceptors (Lipinski definition) is 3. The van der Waals surface area contributed by atoms with E-state index in [-0.39, 0.29) is 5.91 Å². The fourth-order valence-electron chi connectivity index (χ4n) is 2.04. The highest BCUT2D eigenvalue weighted by molar-refractivity contribution is 5.95. The van der Waals surface area contributed by atoms with Gasteiger partial charge < -0.3 is 14.4 Å². The van der Waals surface area contributed by atoms with Gasteiger partial charge in [0.05, 0.1) is 18.7 Å². The smallest absolute Gasteiger partial charge is 0.230 e. The Morgan fingerprint density at radius 1 is 1.44 bits per heavy atom. The first-order valence-corrected chi connectivity index (χ1v) is 6.18. The lowest BCUT2D eigenvalue weighted by atomic mass is 10.1. The number of rotatable bonds is 4. The van der Waals surface area contributed by atoms with Gasteiger partial charge in [-0.05, 0) is 30.5 Å². The molecule has 0 radical (unpaired) electrons. The molecule has 18 heavy (non-hydrogen) atoms. The Bertz CT molecular complexity index is 456. The SMILES string of the molecule is CN1C(=O)CCOc2ccc(CCCC=O)cc21. The van der Waals surface area contributed by atoms with Crippen molar-refractivity contribution in [1.29, 1.82) is 0 Å². The van der Waals surface area contributed by atoms with Crippen LogP contribution >= 0.6 is 0 Å². The van der Waals surface area contributed by atoms with Gasteiger partial charge in [0.2, 0.25) is 5.91 Å². The molecule has 96 valence electrons. The number of aryl methyl sites for hydroxylation is 1. The Kier molecular flexibility index (Phi) is 3.97. The molecule has 0 N–H and O–H groups in total. The van der Waals surface area contributed by atoms with Gasteiger partial charge in [-0.25, -0.2) is 0 Å². The molecule has 0 spiro atoms. The molecule has 0 unspecified atom stereocenters. The Morgan fingerprint density at radius 3 is 3.06 bits per heavy atom. The lowest BCUT2D eigenvalue weighted by molar-refractivity contribution is -0.118. The number of benzene rings is 1. The molecular weight excluding hydrogens is 230 g/mol. The Labute approximate surface area is 107 Å². The second kappa shape index (κ2) is 5.67. The molecule has 0 saturated carbocycles. The highest BCUT2D eigenvalue weighted by Crippen LogP contribution is 2.31. The van der Waals surface area contributed by atoms with Gasteiger partial charge in [0, 0.05) is 13.5 Å². The lowest BCUT2D eigenvalue weighted by Crippen LogP contribution is -2.25. The van der Waals surface area contributed by atoms with E-state index in [1.54, 1.807) is 11.9 Å². The molecule has 2 rings (SSSR count). The van der Waals surface area contributed by atoms with Gasteiger partial charge in [-0.3, -0.25) is 4.79 Å². The highest BCUT2D eigenvalue weighted by Gasteiger charge is 2.19. The minimum atomic E-state index is 0.0683. The van der Waals surface area contributed by atoms with Crippen molar-refractivity contribution in [2.24, 2.45) is 0 Å². The fourth-order valence-corrected chi connectivity index (χ4v) is 2.04. The molecule has 0 atom stereocenters. The predicted molar refractivity (Wildman–Crippen MR) is 69.0 cm³/mol. The fraction of sp³-hybridized carbons (Fsp3) is 0.429. The Hall–Kier alpha value is -1.84. The number of amides is 1. The van der Waals surface area contributed by atoms with Gasteiger partial charge in [0.15, 0.2) is 0 Å². The van der Waals surface area contributed by atoms with Crippen LogP contribution in [0.3, 0.4) is 0 Å². The third kappa shape index (κ3) is 2.70. The van der Waals surface area contributed by atoms with Crippen molar-refractivity contribution in [3.63, 3.8) is 0 Å². The van der Waals surface area contributed by atoms with Gasteiger partial charge >= 0.3 is 0 Å². The van der Waals surface area contributed by atoms with Crippen LogP contribution in [0.25, 0.3) is 0 Å². The van der Waals surface area contributed by atoms with Gasteiger partial charge in [0.25, 0.3) is 0 Å². The average Bonchev–Trinajstić information content (AvgIpc) is 2.51. The van der Waals surface area contributed by atoms with Crippen LogP contribution in [0.5, 0.6) is 5.75 Å². The lowest BCUT2D eigenvalue weighted by Gasteiger charge is -2.17. The zero-order valence-electron chi connectivity index (χ0n) is 10.5. The van der Waals surface area contributed by atoms with Gasteiger partial charge in [-0.2, -0.15) is 0 Å². The summed E-state index contributed by atoms with van der Waals surface area (Å²) in [6, 6.07) is 5.87. The number of nitrogens with zero attached hydrogens (tertiary/aromatic N) is 1. The van der Waals surface area contributed by atoms with Gasteiger partial charge in [-0.1, -0.05) is 6.07 Å². The summed E-state index contributed by atoms with van der Waals surface area (Å²) >= 11 is 0. The van der Waals surface area contributed by atoms with Crippen molar-refractivity contribution >= 4 is 17.9 Å². The molecular formula is C14H17NO3. The topological polar surface area (TPSA) is 46.6 Å². The number of carbonyl (C=O) groups is 2. The summed E-state index contributed by atoms with van der Waals surface area (Å²) in [6.07, 6.45) is 3.59. The zero-order chi connectivity index (χ0) is 13.0. The molecule has 0 saturated heterocycles. The minimum Gasteiger partial charge on any atom is -0.491 e. The first-order valence-electron chi connectivity index (χ1n) is 6.18. The van der Waals surface area contributed by atoms with Crippen LogP contribution in [0.15, 0.2) is 18.2 Å². The number of fused-ring (bicyclic) bond motifs is 1. The van der Waals surface area contributed by atoms with Crippen LogP contribution in [-0.4, -0.2) is 25.8 Å². The minimum absolute atomic E-state index is 0.0683. The summed E-state index contributed by atoms with van der Waals surface area (Å²) in [4.78, 5) is 23.7. The molecule has 4 nitrogen and oxygen atoms in total. The number of unbranched alkanes of at least 4 members (excludes halogenated alkanes) is 1. The number of aldehydes is 1. The van der Waals surface area contributed by atoms with Crippen molar-refractivity contribution < 1.29 is 14.3 Å². The monoisotopic (exact) mass is 247 g/mol. The normalized spacial score (nSPS) is 14.7. The largest absolute Gasteiger partial charge is 0.491 e. The van der Waals surface area contributed by atoms with Crippen LogP contribution in [0.1, 0.15) is 24.8 Å². The van der Waals surface area contributed by atoms with Gasteiger partial charge in [0.1, 0.15) is 12.0 Å². The predicted octanol–water partition coefficient (Wildman–Crippen LogP) is 1.95. The summed E-state index contributed by atoms with van der Waals surface area (Å²) < 4.78 is 5.55. The summed E-state index contributed by atoms with van der Waals surface area (Å²) in [5.74, 6) is 0.821. The molecule has 1 aliphatic rings. The number of ether oxygens (including phenoxy) is 1. The second-order valence-corrected chi connectivity index (χ2v) is 4.41. The Balaban J connectivity index is 2.20. The van der Waals surface area contributed by atoms with E-state index in [2.05, 4.69) is 0 Å². The molecule has 1 heterocycles. The summed E-state index contributed by atoms with van der Waals surface area (Å²) in [5.41, 5.74) is 1.95. The molecule has 4 heteroatoms. The first-order chi connectivity index (χ1) is 8.72. The zero-order valence-corrected chi connectivity index (χ0v) is 10.5. The van der Waals surface area contributed by atoms with Crippen molar-refractivity contribution in [3.8, 4) is 5.75 Å². The van der Waals surface area contributed by atoms with Crippen molar-refractivity contribution in [2.45, 2.75) is 25.7 Å². The maximum absolute atomic E-state index is 11.7. The number of carbonyl (C=O) groups excluding carboxylic acids is 2. The molecule has 1 aromatic carbocycles. The Morgan fingerprint density at radius 2 is 2.28 bits per heavy atom. The van der Waals surface area contributed by atoms with Crippen LogP contribution in [-0.2, 0) is 16.0 Å². The second-order valence-electron chi connectivity index (χ2n) is 4.41. The molecule has 0 aliphatic carbocycles. The van der Waals surface area contributed by atoms with Crippen LogP contribution in [0.2, 0.25) is 0 Å². The summed E-state index contributed by atoms with van der Waals surface area (Å²) in [5, 5.41) is 0. The maximum Gasteiger partial charge on any atom is 0.230 e. The van der Waals surface area contributed by atoms with Crippen LogP contribution in [0, 0.1) is 0 Å². The van der Waals surface area contributed by atoms with Crippen molar-refractivity contribution in [3.05, 3.63) is 23.8 Å². The summed E-state index contributed by atoms with van der Waals surface area (Å²) in [7, 11) is 1.77. The molecule has 0 bridgehead atoms. The van der Waals surface area contributed by atoms with Crippen molar-refractivity contribution in [1.82, 2.24) is 0 Å². The van der Waals surface area contributed by atoms with E-state index < -0.39 is 0 Å². The molecule has 1 aliphatic heterocycles. The quantitative estimate of drug-likeness (QED) is 0.603. The molecule has 1 aromatic rings. The summed E-state index contributed by atoms with van der Waals surface area (Å²) in [6.45, 7) is 0.431. The van der Waals surface area contributed by atoms with E-state index in [0.29, 0.717) is 19.4 Å². The van der Waals surface area contributed by atoms with E-state index in [1.807, 2.05) is 18.2 Å². The molecule has 1 amide bonds. The van der Waals surface area contributed by atoms with Gasteiger partial charge in [-0.15, -0.1) is 0 Å². The number of hydrogen-bond donors (Lipinski definition) is 0. The third-order valence-electron chi connectivity index (χ3n) is 3.12. The van der Waals surface area contributed by atoms with Crippen LogP contribution < -0.4 is 9.64 Å². The first kappa shape index (κ1) is 12.6. The van der Waals surface area contributed by atoms with E-state index in [4.69, 9.17) is 4.74 Å². The van der Waals surface area contributed by atoms with Crippen molar-refractivity contribution in [2.75, 3.05) is 18.6 Å². The van der Waals surface area contributed by atoms with E-state index in [9.17, 15) is 9.59 Å². The number of anilines is 1. The standard InChI is InChI=1S/C14H17NO3/c1-15-12-10-11(4-2-3-8-16)5-6-13(12)18-9-7-14(15)17/h5-6,8,10H,2-4,7,9H2,1H3. The average molecular weight is 247 g/mol.